The van der Waals surface area contributed by atoms with E-state index in [4.69, 9.17) is 0 Å². The van der Waals surface area contributed by atoms with E-state index in [0.29, 0.717) is 5.75 Å². The minimum absolute atomic E-state index is 0.111. The molecule has 4 nitrogen and oxygen atoms in total. The van der Waals surface area contributed by atoms with Crippen molar-refractivity contribution in [3.8, 4) is 0 Å². The first-order valence-corrected chi connectivity index (χ1v) is 8.19. The van der Waals surface area contributed by atoms with Gasteiger partial charge < -0.3 is 0 Å². The zero-order chi connectivity index (χ0) is 16.7. The number of halogens is 1. The maximum absolute atomic E-state index is 13.4. The van der Waals surface area contributed by atoms with Crippen LogP contribution in [0.2, 0.25) is 0 Å². The van der Waals surface area contributed by atoms with Crippen molar-refractivity contribution in [1.29, 1.82) is 0 Å². The highest BCUT2D eigenvalue weighted by Crippen LogP contribution is 2.13. The van der Waals surface area contributed by atoms with Crippen molar-refractivity contribution in [2.24, 2.45) is 0 Å². The van der Waals surface area contributed by atoms with Crippen LogP contribution < -0.4 is 10.9 Å². The van der Waals surface area contributed by atoms with Gasteiger partial charge in [0, 0.05) is 5.75 Å². The summed E-state index contributed by atoms with van der Waals surface area (Å²) in [6.45, 7) is 2.01. The Hall–Kier alpha value is -2.34. The molecular weight excluding hydrogens is 315 g/mol. The van der Waals surface area contributed by atoms with E-state index in [0.717, 1.165) is 5.56 Å². The average Bonchev–Trinajstić information content (AvgIpc) is 2.53. The molecule has 23 heavy (non-hydrogen) atoms. The number of rotatable bonds is 5. The molecule has 0 unspecified atom stereocenters. The van der Waals surface area contributed by atoms with Gasteiger partial charge in [0.2, 0.25) is 5.91 Å². The van der Waals surface area contributed by atoms with Crippen molar-refractivity contribution in [3.63, 3.8) is 0 Å². The fourth-order valence-electron chi connectivity index (χ4n) is 1.94. The molecule has 0 bridgehead atoms. The molecule has 2 amide bonds. The monoisotopic (exact) mass is 332 g/mol. The molecule has 120 valence electrons. The summed E-state index contributed by atoms with van der Waals surface area (Å²) in [7, 11) is 0. The molecule has 2 aromatic carbocycles. The second kappa shape index (κ2) is 8.33. The third-order valence-electron chi connectivity index (χ3n) is 3.02. The van der Waals surface area contributed by atoms with Crippen molar-refractivity contribution in [1.82, 2.24) is 10.9 Å². The van der Waals surface area contributed by atoms with Crippen LogP contribution in [0.1, 0.15) is 21.5 Å². The van der Waals surface area contributed by atoms with E-state index in [-0.39, 0.29) is 17.2 Å². The second-order valence-corrected chi connectivity index (χ2v) is 5.95. The van der Waals surface area contributed by atoms with Gasteiger partial charge in [-0.1, -0.05) is 42.0 Å². The van der Waals surface area contributed by atoms with Gasteiger partial charge in [0.1, 0.15) is 5.82 Å². The van der Waals surface area contributed by atoms with Crippen LogP contribution in [0.5, 0.6) is 0 Å². The summed E-state index contributed by atoms with van der Waals surface area (Å²) in [5.41, 5.74) is 6.68. The SMILES string of the molecule is Cc1cccc(CSCC(=O)NNC(=O)c2ccccc2F)c1. The Bertz CT molecular complexity index is 706. The number of carbonyl (C=O) groups is 2. The van der Waals surface area contributed by atoms with Crippen LogP contribution >= 0.6 is 11.8 Å². The van der Waals surface area contributed by atoms with Crippen LogP contribution in [0.15, 0.2) is 48.5 Å². The number of aryl methyl sites for hydroxylation is 1. The Morgan fingerprint density at radius 2 is 1.87 bits per heavy atom. The minimum Gasteiger partial charge on any atom is -0.272 e. The summed E-state index contributed by atoms with van der Waals surface area (Å²) in [6, 6.07) is 13.6. The van der Waals surface area contributed by atoms with Crippen LogP contribution in [-0.4, -0.2) is 17.6 Å². The third-order valence-corrected chi connectivity index (χ3v) is 4.02. The highest BCUT2D eigenvalue weighted by molar-refractivity contribution is 7.99. The summed E-state index contributed by atoms with van der Waals surface area (Å²) in [6.07, 6.45) is 0. The summed E-state index contributed by atoms with van der Waals surface area (Å²) < 4.78 is 13.4. The lowest BCUT2D eigenvalue weighted by atomic mass is 10.2. The number of hydrazine groups is 1. The Morgan fingerprint density at radius 3 is 2.61 bits per heavy atom. The van der Waals surface area contributed by atoms with Gasteiger partial charge in [-0.3, -0.25) is 20.4 Å². The van der Waals surface area contributed by atoms with Crippen LogP contribution in [-0.2, 0) is 10.5 Å². The molecule has 0 fully saturated rings. The van der Waals surface area contributed by atoms with Crippen molar-refractivity contribution in [3.05, 3.63) is 71.0 Å². The van der Waals surface area contributed by atoms with E-state index in [2.05, 4.69) is 16.9 Å². The zero-order valence-electron chi connectivity index (χ0n) is 12.6. The Balaban J connectivity index is 1.73. The Labute approximate surface area is 138 Å². The molecule has 2 rings (SSSR count). The van der Waals surface area contributed by atoms with E-state index in [1.165, 1.54) is 35.5 Å². The molecule has 0 atom stereocenters. The van der Waals surface area contributed by atoms with Crippen molar-refractivity contribution >= 4 is 23.6 Å². The van der Waals surface area contributed by atoms with Crippen molar-refractivity contribution < 1.29 is 14.0 Å². The molecule has 0 aromatic heterocycles. The van der Waals surface area contributed by atoms with Crippen molar-refractivity contribution in [2.45, 2.75) is 12.7 Å². The van der Waals surface area contributed by atoms with Gasteiger partial charge in [0.15, 0.2) is 0 Å². The van der Waals surface area contributed by atoms with Crippen LogP contribution in [0, 0.1) is 12.7 Å². The largest absolute Gasteiger partial charge is 0.272 e. The molecule has 0 aliphatic carbocycles. The number of amides is 2. The Kier molecular flexibility index (Phi) is 6.17. The summed E-state index contributed by atoms with van der Waals surface area (Å²) in [4.78, 5) is 23.4. The summed E-state index contributed by atoms with van der Waals surface area (Å²) in [5, 5.41) is 0. The number of thioether (sulfide) groups is 1. The topological polar surface area (TPSA) is 58.2 Å². The van der Waals surface area contributed by atoms with E-state index in [1.807, 2.05) is 25.1 Å². The number of hydrogen-bond donors (Lipinski definition) is 2. The first kappa shape index (κ1) is 17.0. The lowest BCUT2D eigenvalue weighted by Gasteiger charge is -2.08. The molecule has 6 heteroatoms. The number of benzene rings is 2. The standard InChI is InChI=1S/C17H17FN2O2S/c1-12-5-4-6-13(9-12)10-23-11-16(21)19-20-17(22)14-7-2-3-8-15(14)18/h2-9H,10-11H2,1H3,(H,19,21)(H,20,22). The molecular formula is C17H17FN2O2S. The number of carbonyl (C=O) groups excluding carboxylic acids is 2. The first-order valence-electron chi connectivity index (χ1n) is 7.03. The van der Waals surface area contributed by atoms with Gasteiger partial charge in [-0.05, 0) is 24.6 Å². The maximum atomic E-state index is 13.4. The second-order valence-electron chi connectivity index (χ2n) is 4.96. The van der Waals surface area contributed by atoms with E-state index in [1.54, 1.807) is 6.07 Å². The maximum Gasteiger partial charge on any atom is 0.272 e. The fraction of sp³-hybridized carbons (Fsp3) is 0.176. The van der Waals surface area contributed by atoms with Gasteiger partial charge in [0.05, 0.1) is 11.3 Å². The van der Waals surface area contributed by atoms with Crippen LogP contribution in [0.3, 0.4) is 0 Å². The van der Waals surface area contributed by atoms with Crippen LogP contribution in [0.4, 0.5) is 4.39 Å². The highest BCUT2D eigenvalue weighted by atomic mass is 32.2. The first-order chi connectivity index (χ1) is 11.1. The van der Waals surface area contributed by atoms with Gasteiger partial charge in [0.25, 0.3) is 5.91 Å². The predicted octanol–water partition coefficient (Wildman–Crippen LogP) is 2.83. The number of hydrogen-bond acceptors (Lipinski definition) is 3. The van der Waals surface area contributed by atoms with Gasteiger partial charge in [-0.25, -0.2) is 4.39 Å². The van der Waals surface area contributed by atoms with E-state index < -0.39 is 11.7 Å². The molecule has 0 saturated heterocycles. The molecule has 0 radical (unpaired) electrons. The quantitative estimate of drug-likeness (QED) is 0.828. The molecule has 0 aliphatic rings. The Morgan fingerprint density at radius 1 is 1.09 bits per heavy atom. The average molecular weight is 332 g/mol. The fourth-order valence-corrected chi connectivity index (χ4v) is 2.71. The molecule has 0 saturated carbocycles. The highest BCUT2D eigenvalue weighted by Gasteiger charge is 2.11. The molecule has 2 N–H and O–H groups in total. The third kappa shape index (κ3) is 5.41. The zero-order valence-corrected chi connectivity index (χ0v) is 13.5. The molecule has 0 spiro atoms. The molecule has 2 aromatic rings. The van der Waals surface area contributed by atoms with E-state index >= 15 is 0 Å². The lowest BCUT2D eigenvalue weighted by molar-refractivity contribution is -0.119. The van der Waals surface area contributed by atoms with Crippen molar-refractivity contribution in [2.75, 3.05) is 5.75 Å². The van der Waals surface area contributed by atoms with E-state index in [9.17, 15) is 14.0 Å². The molecule has 0 heterocycles. The lowest BCUT2D eigenvalue weighted by Crippen LogP contribution is -2.42. The van der Waals surface area contributed by atoms with Crippen LogP contribution in [0.25, 0.3) is 0 Å². The smallest absolute Gasteiger partial charge is 0.272 e. The number of nitrogens with one attached hydrogen (secondary N) is 2. The normalized spacial score (nSPS) is 10.2. The minimum atomic E-state index is -0.680. The van der Waals surface area contributed by atoms with Gasteiger partial charge >= 0.3 is 0 Å². The summed E-state index contributed by atoms with van der Waals surface area (Å²) >= 11 is 1.44. The van der Waals surface area contributed by atoms with Gasteiger partial charge in [-0.15, -0.1) is 11.8 Å². The van der Waals surface area contributed by atoms with Gasteiger partial charge in [-0.2, -0.15) is 0 Å². The molecule has 0 aliphatic heterocycles. The summed E-state index contributed by atoms with van der Waals surface area (Å²) in [5.74, 6) is -0.748. The predicted molar refractivity (Wildman–Crippen MR) is 89.3 cm³/mol.